The molecule has 0 aromatic heterocycles. The van der Waals surface area contributed by atoms with Crippen molar-refractivity contribution in [3.8, 4) is 5.75 Å². The molecule has 27 heavy (non-hydrogen) atoms. The average Bonchev–Trinajstić information content (AvgIpc) is 3.47. The first-order valence-electron chi connectivity index (χ1n) is 11.1. The summed E-state index contributed by atoms with van der Waals surface area (Å²) in [5.41, 5.74) is 2.13. The van der Waals surface area contributed by atoms with Gasteiger partial charge in [-0.2, -0.15) is 0 Å². The third-order valence-electron chi connectivity index (χ3n) is 8.09. The van der Waals surface area contributed by atoms with Crippen LogP contribution in [0, 0.1) is 11.1 Å². The molecule has 0 spiro atoms. The summed E-state index contributed by atoms with van der Waals surface area (Å²) in [6, 6.07) is 5.88. The molecule has 1 aromatic carbocycles. The van der Waals surface area contributed by atoms with E-state index in [4.69, 9.17) is 4.74 Å². The summed E-state index contributed by atoms with van der Waals surface area (Å²) in [6.07, 6.45) is 9.59. The van der Waals surface area contributed by atoms with Gasteiger partial charge in [0, 0.05) is 30.8 Å². The van der Waals surface area contributed by atoms with Crippen LogP contribution in [0.25, 0.3) is 0 Å². The summed E-state index contributed by atoms with van der Waals surface area (Å²) in [6.45, 7) is 4.39. The number of ether oxygens (including phenoxy) is 1. The summed E-state index contributed by atoms with van der Waals surface area (Å²) in [5.74, 6) is 0.978. The molecule has 0 radical (unpaired) electrons. The van der Waals surface area contributed by atoms with E-state index in [1.54, 1.807) is 6.07 Å². The Morgan fingerprint density at radius 1 is 1.22 bits per heavy atom. The molecule has 4 aliphatic rings. The second-order valence-electron chi connectivity index (χ2n) is 9.64. The Morgan fingerprint density at radius 2 is 2.04 bits per heavy atom. The fourth-order valence-corrected chi connectivity index (χ4v) is 6.77. The Balaban J connectivity index is 1.67. The molecule has 2 bridgehead atoms. The third-order valence-corrected chi connectivity index (χ3v) is 8.09. The maximum absolute atomic E-state index is 14.2. The highest BCUT2D eigenvalue weighted by Gasteiger charge is 2.68. The number of rotatable bonds is 5. The SMILES string of the molecule is CCCOC12CCCC[C@@]13CC[N+]([O-])(CC1CC1)[C@@H]2Cc1ccc(O)cc13. The smallest absolute Gasteiger partial charge is 0.130 e. The summed E-state index contributed by atoms with van der Waals surface area (Å²) in [5, 5.41) is 24.5. The zero-order valence-electron chi connectivity index (χ0n) is 16.6. The Hall–Kier alpha value is -1.10. The van der Waals surface area contributed by atoms with E-state index in [1.807, 2.05) is 6.07 Å². The van der Waals surface area contributed by atoms with E-state index < -0.39 is 0 Å². The minimum absolute atomic E-state index is 0.00995. The minimum atomic E-state index is -0.350. The number of hydrogen-bond donors (Lipinski definition) is 1. The molecule has 3 aliphatic carbocycles. The maximum Gasteiger partial charge on any atom is 0.130 e. The number of likely N-dealkylation sites (tertiary alicyclic amines) is 1. The number of hydrogen-bond acceptors (Lipinski definition) is 3. The molecule has 1 aromatic rings. The molecule has 2 saturated carbocycles. The first kappa shape index (κ1) is 18.0. The zero-order valence-corrected chi connectivity index (χ0v) is 16.6. The lowest BCUT2D eigenvalue weighted by Crippen LogP contribution is -2.78. The van der Waals surface area contributed by atoms with Crippen LogP contribution in [0.2, 0.25) is 0 Å². The quantitative estimate of drug-likeness (QED) is 0.616. The Morgan fingerprint density at radius 3 is 2.81 bits per heavy atom. The second kappa shape index (κ2) is 6.20. The van der Waals surface area contributed by atoms with Gasteiger partial charge >= 0.3 is 0 Å². The molecule has 1 saturated heterocycles. The van der Waals surface area contributed by atoms with Crippen molar-refractivity contribution < 1.29 is 14.5 Å². The highest BCUT2D eigenvalue weighted by atomic mass is 16.6. The Labute approximate surface area is 162 Å². The molecule has 4 nitrogen and oxygen atoms in total. The van der Waals surface area contributed by atoms with Gasteiger partial charge in [0.1, 0.15) is 17.4 Å². The maximum atomic E-state index is 14.2. The predicted molar refractivity (Wildman–Crippen MR) is 105 cm³/mol. The molecule has 1 N–H and O–H groups in total. The van der Waals surface area contributed by atoms with Gasteiger partial charge in [0.05, 0.1) is 13.1 Å². The molecule has 0 amide bonds. The third kappa shape index (κ3) is 2.53. The van der Waals surface area contributed by atoms with E-state index in [9.17, 15) is 10.3 Å². The number of benzene rings is 1. The monoisotopic (exact) mass is 371 g/mol. The number of piperidine rings is 1. The van der Waals surface area contributed by atoms with Crippen LogP contribution in [-0.2, 0) is 16.6 Å². The van der Waals surface area contributed by atoms with Gasteiger partial charge in [-0.1, -0.05) is 25.8 Å². The van der Waals surface area contributed by atoms with Gasteiger partial charge in [-0.25, -0.2) is 0 Å². The van der Waals surface area contributed by atoms with Crippen LogP contribution in [0.4, 0.5) is 0 Å². The van der Waals surface area contributed by atoms with Crippen LogP contribution < -0.4 is 0 Å². The van der Waals surface area contributed by atoms with Crippen LogP contribution in [-0.4, -0.2) is 41.1 Å². The van der Waals surface area contributed by atoms with Gasteiger partial charge < -0.3 is 19.7 Å². The van der Waals surface area contributed by atoms with Gasteiger partial charge in [0.25, 0.3) is 0 Å². The van der Waals surface area contributed by atoms with E-state index in [2.05, 4.69) is 13.0 Å². The lowest BCUT2D eigenvalue weighted by molar-refractivity contribution is -0.924. The highest BCUT2D eigenvalue weighted by Crippen LogP contribution is 2.62. The summed E-state index contributed by atoms with van der Waals surface area (Å²) >= 11 is 0. The van der Waals surface area contributed by atoms with E-state index in [-0.39, 0.29) is 21.7 Å². The van der Waals surface area contributed by atoms with Crippen LogP contribution >= 0.6 is 0 Å². The average molecular weight is 372 g/mol. The fraction of sp³-hybridized carbons (Fsp3) is 0.739. The van der Waals surface area contributed by atoms with E-state index in [1.165, 1.54) is 30.4 Å². The van der Waals surface area contributed by atoms with E-state index in [0.717, 1.165) is 51.7 Å². The molecular formula is C23H33NO3. The Bertz CT molecular complexity index is 732. The fourth-order valence-electron chi connectivity index (χ4n) is 6.77. The molecule has 148 valence electrons. The van der Waals surface area contributed by atoms with Gasteiger partial charge in [-0.15, -0.1) is 0 Å². The molecular weight excluding hydrogens is 338 g/mol. The van der Waals surface area contributed by atoms with Crippen molar-refractivity contribution in [1.29, 1.82) is 0 Å². The summed E-state index contributed by atoms with van der Waals surface area (Å²) < 4.78 is 6.73. The minimum Gasteiger partial charge on any atom is -0.632 e. The molecule has 5 rings (SSSR count). The number of quaternary nitrogens is 1. The number of aromatic hydroxyl groups is 1. The molecule has 4 atom stereocenters. The summed E-state index contributed by atoms with van der Waals surface area (Å²) in [4.78, 5) is 0. The van der Waals surface area contributed by atoms with Gasteiger partial charge in [0.15, 0.2) is 0 Å². The van der Waals surface area contributed by atoms with Crippen molar-refractivity contribution >= 4 is 0 Å². The molecule has 3 fully saturated rings. The second-order valence-corrected chi connectivity index (χ2v) is 9.64. The number of phenolic OH excluding ortho intramolecular Hbond substituents is 1. The largest absolute Gasteiger partial charge is 0.632 e. The van der Waals surface area contributed by atoms with E-state index in [0.29, 0.717) is 18.2 Å². The van der Waals surface area contributed by atoms with E-state index >= 15 is 0 Å². The molecule has 2 unspecified atom stereocenters. The van der Waals surface area contributed by atoms with Gasteiger partial charge in [-0.3, -0.25) is 0 Å². The topological polar surface area (TPSA) is 52.5 Å². The van der Waals surface area contributed by atoms with Crippen LogP contribution in [0.15, 0.2) is 18.2 Å². The van der Waals surface area contributed by atoms with Crippen molar-refractivity contribution in [2.45, 2.75) is 81.8 Å². The number of phenols is 1. The van der Waals surface area contributed by atoms with Crippen molar-refractivity contribution in [3.05, 3.63) is 34.5 Å². The zero-order chi connectivity index (χ0) is 18.7. The predicted octanol–water partition coefficient (Wildman–Crippen LogP) is 4.42. The van der Waals surface area contributed by atoms with Crippen molar-refractivity contribution in [3.63, 3.8) is 0 Å². The number of hydroxylamine groups is 3. The van der Waals surface area contributed by atoms with Crippen LogP contribution in [0.3, 0.4) is 0 Å². The lowest BCUT2D eigenvalue weighted by Gasteiger charge is -2.69. The highest BCUT2D eigenvalue weighted by molar-refractivity contribution is 5.47. The van der Waals surface area contributed by atoms with Gasteiger partial charge in [0.2, 0.25) is 0 Å². The molecule has 1 aliphatic heterocycles. The van der Waals surface area contributed by atoms with Crippen LogP contribution in [0.1, 0.15) is 69.4 Å². The Kier molecular flexibility index (Phi) is 4.12. The first-order chi connectivity index (χ1) is 13.0. The normalized spacial score (nSPS) is 40.3. The van der Waals surface area contributed by atoms with Crippen LogP contribution in [0.5, 0.6) is 5.75 Å². The van der Waals surface area contributed by atoms with Gasteiger partial charge in [-0.05, 0) is 55.4 Å². The van der Waals surface area contributed by atoms with Crippen molar-refractivity contribution in [1.82, 2.24) is 0 Å². The molecule has 4 heteroatoms. The van der Waals surface area contributed by atoms with Crippen molar-refractivity contribution in [2.75, 3.05) is 19.7 Å². The number of nitrogens with zero attached hydrogens (tertiary/aromatic N) is 1. The first-order valence-corrected chi connectivity index (χ1v) is 11.1. The number of fused-ring (bicyclic) bond motifs is 1. The standard InChI is InChI=1S/C23H33NO3/c1-2-13-27-23-10-4-3-9-22(23)11-12-24(26,16-17-5-6-17)21(23)14-18-7-8-19(25)15-20(18)22/h7-8,15,17,21,25H,2-6,9-14,16H2,1H3/t21-,22+,23?,24?/m1/s1. The van der Waals surface area contributed by atoms with Crippen molar-refractivity contribution in [2.24, 2.45) is 5.92 Å². The summed E-state index contributed by atoms with van der Waals surface area (Å²) in [7, 11) is 0. The lowest BCUT2D eigenvalue weighted by atomic mass is 9.49. The molecule has 1 heterocycles.